The van der Waals surface area contributed by atoms with Crippen LogP contribution in [-0.2, 0) is 24.3 Å². The van der Waals surface area contributed by atoms with E-state index in [4.69, 9.17) is 9.47 Å². The highest BCUT2D eigenvalue weighted by molar-refractivity contribution is 7.09. The lowest BCUT2D eigenvalue weighted by Gasteiger charge is -2.32. The average molecular weight is 387 g/mol. The van der Waals surface area contributed by atoms with Gasteiger partial charge in [-0.3, -0.25) is 9.69 Å². The summed E-state index contributed by atoms with van der Waals surface area (Å²) in [6.45, 7) is 2.79. The number of carbonyl (C=O) groups excluding carboxylic acids is 1. The fraction of sp³-hybridized carbons (Fsp3) is 0.476. The predicted octanol–water partition coefficient (Wildman–Crippen LogP) is 3.31. The molecule has 2 aromatic rings. The lowest BCUT2D eigenvalue weighted by Crippen LogP contribution is -2.43. The molecular formula is C21H26N2O3S. The van der Waals surface area contributed by atoms with Crippen molar-refractivity contribution in [2.75, 3.05) is 27.3 Å². The maximum absolute atomic E-state index is 13.0. The highest BCUT2D eigenvalue weighted by atomic mass is 32.1. The number of benzene rings is 1. The smallest absolute Gasteiger partial charge is 0.237 e. The molecule has 27 heavy (non-hydrogen) atoms. The van der Waals surface area contributed by atoms with Gasteiger partial charge < -0.3 is 14.4 Å². The Bertz CT molecular complexity index is 802. The van der Waals surface area contributed by atoms with Gasteiger partial charge in [-0.2, -0.15) is 0 Å². The number of carbonyl (C=O) groups is 1. The van der Waals surface area contributed by atoms with Gasteiger partial charge in [-0.1, -0.05) is 6.07 Å². The van der Waals surface area contributed by atoms with Gasteiger partial charge in [-0.15, -0.1) is 11.3 Å². The van der Waals surface area contributed by atoms with E-state index in [0.29, 0.717) is 19.1 Å². The molecule has 0 N–H and O–H groups in total. The minimum absolute atomic E-state index is 0.221. The Labute approximate surface area is 164 Å². The predicted molar refractivity (Wildman–Crippen MR) is 106 cm³/mol. The summed E-state index contributed by atoms with van der Waals surface area (Å²) in [5.74, 6) is 1.70. The third kappa shape index (κ3) is 4.12. The van der Waals surface area contributed by atoms with Gasteiger partial charge in [0.2, 0.25) is 5.91 Å². The van der Waals surface area contributed by atoms with Gasteiger partial charge in [0.05, 0.1) is 20.8 Å². The standard InChI is InChI=1S/C21H26N2O3S/c1-25-19-10-15-7-8-22(12-16(15)11-20(19)26-2)21(24)14-23(17-5-6-17)13-18-4-3-9-27-18/h3-4,9-11,17H,5-8,12-14H2,1-2H3. The van der Waals surface area contributed by atoms with Crippen molar-refractivity contribution in [2.24, 2.45) is 0 Å². The van der Waals surface area contributed by atoms with Crippen molar-refractivity contribution in [2.45, 2.75) is 38.4 Å². The number of rotatable bonds is 7. The number of hydrogen-bond donors (Lipinski definition) is 0. The highest BCUT2D eigenvalue weighted by Crippen LogP contribution is 2.34. The quantitative estimate of drug-likeness (QED) is 0.732. The Morgan fingerprint density at radius 3 is 2.59 bits per heavy atom. The van der Waals surface area contributed by atoms with Crippen LogP contribution in [0.5, 0.6) is 11.5 Å². The van der Waals surface area contributed by atoms with Crippen LogP contribution in [0.1, 0.15) is 28.8 Å². The Hall–Kier alpha value is -2.05. The van der Waals surface area contributed by atoms with Gasteiger partial charge in [0.15, 0.2) is 11.5 Å². The van der Waals surface area contributed by atoms with E-state index in [1.165, 1.54) is 23.3 Å². The van der Waals surface area contributed by atoms with E-state index >= 15 is 0 Å². The molecule has 2 heterocycles. The van der Waals surface area contributed by atoms with E-state index in [9.17, 15) is 4.79 Å². The summed E-state index contributed by atoms with van der Waals surface area (Å²) in [6, 6.07) is 8.86. The van der Waals surface area contributed by atoms with Crippen molar-refractivity contribution in [3.63, 3.8) is 0 Å². The lowest BCUT2D eigenvalue weighted by molar-refractivity contribution is -0.133. The van der Waals surface area contributed by atoms with Crippen LogP contribution >= 0.6 is 11.3 Å². The topological polar surface area (TPSA) is 42.0 Å². The van der Waals surface area contributed by atoms with Gasteiger partial charge in [0, 0.05) is 30.6 Å². The first-order chi connectivity index (χ1) is 13.2. The molecule has 2 aliphatic rings. The molecule has 1 aromatic carbocycles. The minimum Gasteiger partial charge on any atom is -0.493 e. The molecule has 1 aromatic heterocycles. The van der Waals surface area contributed by atoms with E-state index in [1.54, 1.807) is 25.6 Å². The summed E-state index contributed by atoms with van der Waals surface area (Å²) in [5, 5.41) is 2.10. The van der Waals surface area contributed by atoms with Crippen LogP contribution in [-0.4, -0.2) is 49.1 Å². The minimum atomic E-state index is 0.221. The second-order valence-electron chi connectivity index (χ2n) is 7.26. The van der Waals surface area contributed by atoms with Crippen molar-refractivity contribution in [1.29, 1.82) is 0 Å². The third-order valence-corrected chi connectivity index (χ3v) is 6.27. The SMILES string of the molecule is COc1cc2c(cc1OC)CN(C(=O)CN(Cc1cccs1)C1CC1)CC2. The number of fused-ring (bicyclic) bond motifs is 1. The monoisotopic (exact) mass is 386 g/mol. The summed E-state index contributed by atoms with van der Waals surface area (Å²) >= 11 is 1.77. The fourth-order valence-electron chi connectivity index (χ4n) is 3.73. The summed E-state index contributed by atoms with van der Waals surface area (Å²) in [4.78, 5) is 18.6. The van der Waals surface area contributed by atoms with E-state index in [0.717, 1.165) is 36.6 Å². The number of ether oxygens (including phenoxy) is 2. The van der Waals surface area contributed by atoms with E-state index in [2.05, 4.69) is 22.4 Å². The normalized spacial score (nSPS) is 16.3. The summed E-state index contributed by atoms with van der Waals surface area (Å²) in [5.41, 5.74) is 2.40. The molecule has 144 valence electrons. The molecule has 0 bridgehead atoms. The Kier molecular flexibility index (Phi) is 5.36. The molecule has 4 rings (SSSR count). The van der Waals surface area contributed by atoms with Gasteiger partial charge >= 0.3 is 0 Å². The van der Waals surface area contributed by atoms with Crippen LogP contribution in [0.15, 0.2) is 29.6 Å². The Morgan fingerprint density at radius 2 is 1.96 bits per heavy atom. The van der Waals surface area contributed by atoms with Crippen LogP contribution in [0.3, 0.4) is 0 Å². The molecule has 1 aliphatic carbocycles. The first kappa shape index (κ1) is 18.3. The first-order valence-corrected chi connectivity index (χ1v) is 10.3. The molecule has 6 heteroatoms. The molecule has 0 unspecified atom stereocenters. The molecule has 0 radical (unpaired) electrons. The summed E-state index contributed by atoms with van der Waals surface area (Å²) in [7, 11) is 3.30. The third-order valence-electron chi connectivity index (χ3n) is 5.41. The Balaban J connectivity index is 1.44. The van der Waals surface area contributed by atoms with E-state index in [1.807, 2.05) is 17.0 Å². The molecule has 0 saturated heterocycles. The van der Waals surface area contributed by atoms with Gasteiger partial charge in [0.25, 0.3) is 0 Å². The van der Waals surface area contributed by atoms with Crippen LogP contribution in [0.2, 0.25) is 0 Å². The molecule has 1 amide bonds. The second kappa shape index (κ2) is 7.90. The Morgan fingerprint density at radius 1 is 1.22 bits per heavy atom. The van der Waals surface area contributed by atoms with E-state index < -0.39 is 0 Å². The fourth-order valence-corrected chi connectivity index (χ4v) is 4.46. The number of methoxy groups -OCH3 is 2. The molecule has 5 nitrogen and oxygen atoms in total. The number of nitrogens with zero attached hydrogens (tertiary/aromatic N) is 2. The van der Waals surface area contributed by atoms with E-state index in [-0.39, 0.29) is 5.91 Å². The molecular weight excluding hydrogens is 360 g/mol. The molecule has 1 aliphatic heterocycles. The zero-order valence-corrected chi connectivity index (χ0v) is 16.8. The van der Waals surface area contributed by atoms with Crippen molar-refractivity contribution >= 4 is 17.2 Å². The lowest BCUT2D eigenvalue weighted by atomic mass is 9.98. The highest BCUT2D eigenvalue weighted by Gasteiger charge is 2.32. The second-order valence-corrected chi connectivity index (χ2v) is 8.29. The van der Waals surface area contributed by atoms with Gasteiger partial charge in [-0.25, -0.2) is 0 Å². The van der Waals surface area contributed by atoms with Gasteiger partial charge in [0.1, 0.15) is 0 Å². The summed E-state index contributed by atoms with van der Waals surface area (Å²) < 4.78 is 10.8. The number of thiophene rings is 1. The van der Waals surface area contributed by atoms with Crippen molar-refractivity contribution in [1.82, 2.24) is 9.80 Å². The number of amides is 1. The zero-order valence-electron chi connectivity index (χ0n) is 15.9. The van der Waals surface area contributed by atoms with Crippen molar-refractivity contribution in [3.8, 4) is 11.5 Å². The number of hydrogen-bond acceptors (Lipinski definition) is 5. The largest absolute Gasteiger partial charge is 0.493 e. The van der Waals surface area contributed by atoms with Crippen molar-refractivity contribution < 1.29 is 14.3 Å². The van der Waals surface area contributed by atoms with Crippen LogP contribution in [0.25, 0.3) is 0 Å². The average Bonchev–Trinajstić information content (AvgIpc) is 3.42. The van der Waals surface area contributed by atoms with Crippen LogP contribution in [0.4, 0.5) is 0 Å². The summed E-state index contributed by atoms with van der Waals surface area (Å²) in [6.07, 6.45) is 3.27. The van der Waals surface area contributed by atoms with Crippen LogP contribution < -0.4 is 9.47 Å². The maximum atomic E-state index is 13.0. The molecule has 1 saturated carbocycles. The van der Waals surface area contributed by atoms with Crippen molar-refractivity contribution in [3.05, 3.63) is 45.6 Å². The van der Waals surface area contributed by atoms with Gasteiger partial charge in [-0.05, 0) is 54.0 Å². The molecule has 0 spiro atoms. The maximum Gasteiger partial charge on any atom is 0.237 e. The zero-order chi connectivity index (χ0) is 18.8. The first-order valence-electron chi connectivity index (χ1n) is 9.46. The van der Waals surface area contributed by atoms with Crippen LogP contribution in [0, 0.1) is 0 Å². The molecule has 0 atom stereocenters. The molecule has 1 fully saturated rings.